The van der Waals surface area contributed by atoms with E-state index in [2.05, 4.69) is 10.3 Å². The molecule has 0 aliphatic rings. The summed E-state index contributed by atoms with van der Waals surface area (Å²) in [6.45, 7) is 6.04. The molecule has 1 heterocycles. The molecule has 0 aliphatic carbocycles. The van der Waals surface area contributed by atoms with Crippen molar-refractivity contribution in [1.82, 2.24) is 14.6 Å². The third kappa shape index (κ3) is 4.74. The van der Waals surface area contributed by atoms with Gasteiger partial charge in [0.2, 0.25) is 15.9 Å². The Morgan fingerprint density at radius 1 is 1.32 bits per heavy atom. The molecule has 9 heteroatoms. The van der Waals surface area contributed by atoms with Crippen molar-refractivity contribution in [2.75, 3.05) is 19.8 Å². The van der Waals surface area contributed by atoms with Gasteiger partial charge in [-0.25, -0.2) is 17.7 Å². The van der Waals surface area contributed by atoms with Crippen LogP contribution in [0.3, 0.4) is 0 Å². The lowest BCUT2D eigenvalue weighted by molar-refractivity contribution is -0.119. The molecule has 2 rings (SSSR count). The molecular formula is C16H23N3O4S2. The lowest BCUT2D eigenvalue weighted by Gasteiger charge is -2.16. The van der Waals surface area contributed by atoms with Crippen LogP contribution in [-0.4, -0.2) is 49.5 Å². The maximum absolute atomic E-state index is 12.2. The van der Waals surface area contributed by atoms with Crippen molar-refractivity contribution in [1.29, 1.82) is 0 Å². The molecule has 1 N–H and O–H groups in total. The topological polar surface area (TPSA) is 92.5 Å². The maximum Gasteiger partial charge on any atom is 0.257 e. The number of aromatic nitrogens is 1. The molecule has 0 saturated heterocycles. The average molecular weight is 386 g/mol. The first-order chi connectivity index (χ1) is 11.6. The van der Waals surface area contributed by atoms with Gasteiger partial charge >= 0.3 is 0 Å². The van der Waals surface area contributed by atoms with Gasteiger partial charge < -0.3 is 9.73 Å². The molecule has 1 aromatic carbocycles. The van der Waals surface area contributed by atoms with Gasteiger partial charge in [-0.15, -0.1) is 0 Å². The monoisotopic (exact) mass is 385 g/mol. The molecule has 25 heavy (non-hydrogen) atoms. The Bertz CT molecular complexity index is 859. The van der Waals surface area contributed by atoms with E-state index in [1.807, 2.05) is 20.8 Å². The summed E-state index contributed by atoms with van der Waals surface area (Å²) < 4.78 is 31.0. The SMILES string of the molecule is CC(C)[C@H](C)NC(=O)CSc1nc2cc(S(=O)(=O)N(C)C)ccc2o1. The van der Waals surface area contributed by atoms with E-state index in [9.17, 15) is 13.2 Å². The molecular weight excluding hydrogens is 362 g/mol. The van der Waals surface area contributed by atoms with Crippen LogP contribution in [0.4, 0.5) is 0 Å². The molecule has 1 atom stereocenters. The van der Waals surface area contributed by atoms with Crippen molar-refractivity contribution in [3.05, 3.63) is 18.2 Å². The highest BCUT2D eigenvalue weighted by Gasteiger charge is 2.19. The van der Waals surface area contributed by atoms with E-state index < -0.39 is 10.0 Å². The maximum atomic E-state index is 12.2. The second kappa shape index (κ2) is 7.76. The van der Waals surface area contributed by atoms with E-state index in [4.69, 9.17) is 4.42 Å². The molecule has 0 bridgehead atoms. The van der Waals surface area contributed by atoms with Crippen LogP contribution in [0.2, 0.25) is 0 Å². The van der Waals surface area contributed by atoms with E-state index in [-0.39, 0.29) is 22.6 Å². The molecule has 2 aromatic rings. The minimum absolute atomic E-state index is 0.0931. The average Bonchev–Trinajstić information content (AvgIpc) is 2.94. The van der Waals surface area contributed by atoms with E-state index in [1.54, 1.807) is 6.07 Å². The van der Waals surface area contributed by atoms with E-state index >= 15 is 0 Å². The summed E-state index contributed by atoms with van der Waals surface area (Å²) in [5.41, 5.74) is 0.928. The number of benzene rings is 1. The van der Waals surface area contributed by atoms with Crippen LogP contribution in [0, 0.1) is 5.92 Å². The highest BCUT2D eigenvalue weighted by atomic mass is 32.2. The van der Waals surface area contributed by atoms with E-state index in [0.717, 1.165) is 4.31 Å². The summed E-state index contributed by atoms with van der Waals surface area (Å²) in [4.78, 5) is 16.3. The Hall–Kier alpha value is -1.58. The molecule has 1 aromatic heterocycles. The summed E-state index contributed by atoms with van der Waals surface area (Å²) in [7, 11) is -0.581. The van der Waals surface area contributed by atoms with Crippen LogP contribution >= 0.6 is 11.8 Å². The van der Waals surface area contributed by atoms with Gasteiger partial charge in [-0.2, -0.15) is 0 Å². The fourth-order valence-corrected chi connectivity index (χ4v) is 3.48. The van der Waals surface area contributed by atoms with Crippen molar-refractivity contribution in [2.24, 2.45) is 5.92 Å². The predicted molar refractivity (Wildman–Crippen MR) is 98.0 cm³/mol. The second-order valence-electron chi connectivity index (χ2n) is 6.29. The Kier molecular flexibility index (Phi) is 6.12. The van der Waals surface area contributed by atoms with Gasteiger partial charge in [0, 0.05) is 20.1 Å². The van der Waals surface area contributed by atoms with Gasteiger partial charge in [0.15, 0.2) is 5.58 Å². The zero-order chi connectivity index (χ0) is 18.8. The van der Waals surface area contributed by atoms with Crippen LogP contribution in [-0.2, 0) is 14.8 Å². The first kappa shape index (κ1) is 19.7. The number of nitrogens with zero attached hydrogens (tertiary/aromatic N) is 2. The molecule has 0 radical (unpaired) electrons. The number of thioether (sulfide) groups is 1. The van der Waals surface area contributed by atoms with Gasteiger partial charge in [-0.1, -0.05) is 25.6 Å². The summed E-state index contributed by atoms with van der Waals surface area (Å²) >= 11 is 1.18. The van der Waals surface area contributed by atoms with Gasteiger partial charge in [0.05, 0.1) is 10.6 Å². The summed E-state index contributed by atoms with van der Waals surface area (Å²) in [5, 5.41) is 3.25. The minimum Gasteiger partial charge on any atom is -0.431 e. The number of carbonyl (C=O) groups is 1. The number of carbonyl (C=O) groups excluding carboxylic acids is 1. The molecule has 0 spiro atoms. The largest absolute Gasteiger partial charge is 0.431 e. The molecule has 0 saturated carbocycles. The van der Waals surface area contributed by atoms with Crippen molar-refractivity contribution in [3.8, 4) is 0 Å². The third-order valence-electron chi connectivity index (χ3n) is 3.83. The van der Waals surface area contributed by atoms with Crippen molar-refractivity contribution in [2.45, 2.75) is 36.9 Å². The minimum atomic E-state index is -3.53. The van der Waals surface area contributed by atoms with Gasteiger partial charge in [-0.05, 0) is 31.0 Å². The first-order valence-corrected chi connectivity index (χ1v) is 10.3. The Morgan fingerprint density at radius 3 is 2.60 bits per heavy atom. The molecule has 0 fully saturated rings. The van der Waals surface area contributed by atoms with Crippen molar-refractivity contribution >= 4 is 38.8 Å². The van der Waals surface area contributed by atoms with Crippen LogP contribution < -0.4 is 5.32 Å². The number of rotatable bonds is 7. The number of fused-ring (bicyclic) bond motifs is 1. The number of hydrogen-bond donors (Lipinski definition) is 1. The van der Waals surface area contributed by atoms with Crippen LogP contribution in [0.15, 0.2) is 32.7 Å². The van der Waals surface area contributed by atoms with E-state index in [1.165, 1.54) is 38.0 Å². The van der Waals surface area contributed by atoms with Crippen LogP contribution in [0.5, 0.6) is 0 Å². The normalized spacial score (nSPS) is 13.6. The molecule has 138 valence electrons. The molecule has 0 unspecified atom stereocenters. The summed E-state index contributed by atoms with van der Waals surface area (Å²) in [6, 6.07) is 4.62. The quantitative estimate of drug-likeness (QED) is 0.736. The third-order valence-corrected chi connectivity index (χ3v) is 6.47. The highest BCUT2D eigenvalue weighted by Crippen LogP contribution is 2.26. The number of oxazole rings is 1. The van der Waals surface area contributed by atoms with Crippen molar-refractivity contribution < 1.29 is 17.6 Å². The summed E-state index contributed by atoms with van der Waals surface area (Å²) in [6.07, 6.45) is 0. The van der Waals surface area contributed by atoms with Crippen molar-refractivity contribution in [3.63, 3.8) is 0 Å². The molecule has 1 amide bonds. The molecule has 0 aliphatic heterocycles. The second-order valence-corrected chi connectivity index (χ2v) is 9.36. The first-order valence-electron chi connectivity index (χ1n) is 7.86. The number of sulfonamides is 1. The van der Waals surface area contributed by atoms with Crippen LogP contribution in [0.25, 0.3) is 11.1 Å². The Morgan fingerprint density at radius 2 is 2.00 bits per heavy atom. The standard InChI is InChI=1S/C16H23N3O4S2/c1-10(2)11(3)17-15(20)9-24-16-18-13-8-12(6-7-14(13)23-16)25(21,22)19(4)5/h6-8,10-11H,9H2,1-5H3,(H,17,20)/t11-/m0/s1. The fourth-order valence-electron chi connectivity index (χ4n) is 1.91. The van der Waals surface area contributed by atoms with Crippen LogP contribution in [0.1, 0.15) is 20.8 Å². The number of hydrogen-bond acceptors (Lipinski definition) is 6. The zero-order valence-electron chi connectivity index (χ0n) is 14.9. The van der Waals surface area contributed by atoms with E-state index in [0.29, 0.717) is 22.2 Å². The summed E-state index contributed by atoms with van der Waals surface area (Å²) in [5.74, 6) is 0.451. The van der Waals surface area contributed by atoms with Gasteiger partial charge in [0.1, 0.15) is 5.52 Å². The van der Waals surface area contributed by atoms with Gasteiger partial charge in [0.25, 0.3) is 5.22 Å². The number of amides is 1. The lowest BCUT2D eigenvalue weighted by Crippen LogP contribution is -2.37. The highest BCUT2D eigenvalue weighted by molar-refractivity contribution is 7.99. The smallest absolute Gasteiger partial charge is 0.257 e. The number of nitrogens with one attached hydrogen (secondary N) is 1. The van der Waals surface area contributed by atoms with Gasteiger partial charge in [-0.3, -0.25) is 4.79 Å². The Balaban J connectivity index is 2.10. The fraction of sp³-hybridized carbons (Fsp3) is 0.500. The molecule has 7 nitrogen and oxygen atoms in total. The predicted octanol–water partition coefficient (Wildman–Crippen LogP) is 2.33. The Labute approximate surface area is 152 Å². The zero-order valence-corrected chi connectivity index (χ0v) is 16.6. The lowest BCUT2D eigenvalue weighted by atomic mass is 10.1.